The van der Waals surface area contributed by atoms with Gasteiger partial charge in [-0.15, -0.1) is 0 Å². The van der Waals surface area contributed by atoms with E-state index in [9.17, 15) is 4.79 Å². The van der Waals surface area contributed by atoms with Crippen LogP contribution in [0.1, 0.15) is 19.3 Å². The zero-order valence-corrected chi connectivity index (χ0v) is 14.1. The van der Waals surface area contributed by atoms with E-state index in [0.717, 1.165) is 24.9 Å². The third-order valence-corrected chi connectivity index (χ3v) is 5.45. The highest BCUT2D eigenvalue weighted by molar-refractivity contribution is 7.71. The van der Waals surface area contributed by atoms with Crippen LogP contribution in [-0.2, 0) is 11.3 Å². The maximum Gasteiger partial charge on any atom is 0.242 e. The first-order chi connectivity index (χ1) is 11.1. The molecule has 2 bridgehead atoms. The molecule has 1 aromatic carbocycles. The molecule has 2 heterocycles. The topological polar surface area (TPSA) is 53.9 Å². The predicted octanol–water partition coefficient (Wildman–Crippen LogP) is 3.27. The third-order valence-electron chi connectivity index (χ3n) is 4.88. The fourth-order valence-corrected chi connectivity index (χ4v) is 4.06. The predicted molar refractivity (Wildman–Crippen MR) is 90.7 cm³/mol. The van der Waals surface area contributed by atoms with E-state index in [-0.39, 0.29) is 12.5 Å². The molecule has 2 aromatic rings. The normalized spacial score (nSPS) is 22.7. The molecule has 1 saturated carbocycles. The highest BCUT2D eigenvalue weighted by Crippen LogP contribution is 2.37. The number of amides is 1. The Morgan fingerprint density at radius 3 is 2.78 bits per heavy atom. The average Bonchev–Trinajstić information content (AvgIpc) is 3.25. The number of nitrogens with one attached hydrogen (secondary N) is 1. The number of H-pyrrole nitrogens is 1. The molecule has 0 radical (unpaired) electrons. The molecule has 1 aliphatic heterocycles. The van der Waals surface area contributed by atoms with Gasteiger partial charge in [-0.25, -0.2) is 0 Å². The van der Waals surface area contributed by atoms with Crippen molar-refractivity contribution in [3.63, 3.8) is 0 Å². The van der Waals surface area contributed by atoms with E-state index in [1.54, 1.807) is 16.7 Å². The molecule has 4 rings (SSSR count). The van der Waals surface area contributed by atoms with Gasteiger partial charge in [-0.1, -0.05) is 11.6 Å². The van der Waals surface area contributed by atoms with Crippen LogP contribution in [-0.4, -0.2) is 38.2 Å². The van der Waals surface area contributed by atoms with Crippen LogP contribution in [0.15, 0.2) is 24.3 Å². The highest BCUT2D eigenvalue weighted by atomic mass is 35.5. The van der Waals surface area contributed by atoms with Gasteiger partial charge in [0.1, 0.15) is 6.54 Å². The van der Waals surface area contributed by atoms with Gasteiger partial charge in [0, 0.05) is 23.2 Å². The van der Waals surface area contributed by atoms with Crippen molar-refractivity contribution in [2.75, 3.05) is 6.54 Å². The number of rotatable bonds is 3. The number of carbonyl (C=O) groups excluding carboxylic acids is 1. The third kappa shape index (κ3) is 2.70. The lowest BCUT2D eigenvalue weighted by atomic mass is 10.1. The summed E-state index contributed by atoms with van der Waals surface area (Å²) in [4.78, 5) is 14.7. The van der Waals surface area contributed by atoms with E-state index in [2.05, 4.69) is 10.2 Å². The quantitative estimate of drug-likeness (QED) is 0.866. The second-order valence-electron chi connectivity index (χ2n) is 6.32. The lowest BCUT2D eigenvalue weighted by Crippen LogP contribution is -2.39. The standard InChI is InChI=1S/C16H17ClN4OS/c17-12-4-2-11(3-5-12)15-18-19-16(23)21(15)9-14(22)20-8-10-1-6-13(20)7-10/h2-5,10,13H,1,6-9H2,(H,19,23). The molecular weight excluding hydrogens is 332 g/mol. The van der Waals surface area contributed by atoms with E-state index in [1.807, 2.05) is 17.0 Å². The summed E-state index contributed by atoms with van der Waals surface area (Å²) in [6, 6.07) is 7.80. The monoisotopic (exact) mass is 348 g/mol. The molecule has 7 heteroatoms. The number of carbonyl (C=O) groups is 1. The first kappa shape index (κ1) is 14.9. The Morgan fingerprint density at radius 1 is 1.35 bits per heavy atom. The Hall–Kier alpha value is -1.66. The second-order valence-corrected chi connectivity index (χ2v) is 7.15. The molecule has 5 nitrogen and oxygen atoms in total. The van der Waals surface area contributed by atoms with Crippen molar-refractivity contribution in [1.82, 2.24) is 19.7 Å². The fourth-order valence-electron chi connectivity index (χ4n) is 3.74. The van der Waals surface area contributed by atoms with Gasteiger partial charge in [0.25, 0.3) is 0 Å². The van der Waals surface area contributed by atoms with Crippen molar-refractivity contribution in [3.8, 4) is 11.4 Å². The Bertz CT molecular complexity index is 797. The van der Waals surface area contributed by atoms with Crippen LogP contribution in [0.5, 0.6) is 0 Å². The number of hydrogen-bond donors (Lipinski definition) is 1. The van der Waals surface area contributed by atoms with Gasteiger partial charge >= 0.3 is 0 Å². The van der Waals surface area contributed by atoms with Crippen LogP contribution in [0.4, 0.5) is 0 Å². The average molecular weight is 349 g/mol. The summed E-state index contributed by atoms with van der Waals surface area (Å²) in [6.07, 6.45) is 3.55. The van der Waals surface area contributed by atoms with Crippen molar-refractivity contribution in [1.29, 1.82) is 0 Å². The van der Waals surface area contributed by atoms with E-state index >= 15 is 0 Å². The van der Waals surface area contributed by atoms with E-state index in [0.29, 0.717) is 27.6 Å². The number of likely N-dealkylation sites (tertiary alicyclic amines) is 1. The lowest BCUT2D eigenvalue weighted by Gasteiger charge is -2.27. The number of hydrogen-bond acceptors (Lipinski definition) is 3. The number of aromatic nitrogens is 3. The first-order valence-electron chi connectivity index (χ1n) is 7.82. The number of nitrogens with zero attached hydrogens (tertiary/aromatic N) is 3. The SMILES string of the molecule is O=C(Cn1c(-c2ccc(Cl)cc2)n[nH]c1=S)N1CC2CCC1C2. The summed E-state index contributed by atoms with van der Waals surface area (Å²) in [5, 5.41) is 7.73. The van der Waals surface area contributed by atoms with Crippen molar-refractivity contribution < 1.29 is 4.79 Å². The molecular formula is C16H17ClN4OS. The maximum absolute atomic E-state index is 12.7. The number of piperidine rings is 1. The Labute approximate surface area is 144 Å². The number of fused-ring (bicyclic) bond motifs is 2. The van der Waals surface area contributed by atoms with E-state index in [1.165, 1.54) is 6.42 Å². The van der Waals surface area contributed by atoms with E-state index in [4.69, 9.17) is 23.8 Å². The van der Waals surface area contributed by atoms with Crippen LogP contribution in [0.25, 0.3) is 11.4 Å². The fraction of sp³-hybridized carbons (Fsp3) is 0.438. The zero-order valence-electron chi connectivity index (χ0n) is 12.5. The smallest absolute Gasteiger partial charge is 0.242 e. The van der Waals surface area contributed by atoms with Gasteiger partial charge in [-0.05, 0) is 61.7 Å². The summed E-state index contributed by atoms with van der Waals surface area (Å²) >= 11 is 11.2. The molecule has 23 heavy (non-hydrogen) atoms. The minimum absolute atomic E-state index is 0.130. The molecule has 2 unspecified atom stereocenters. The van der Waals surface area contributed by atoms with Gasteiger partial charge in [0.15, 0.2) is 10.6 Å². The molecule has 2 atom stereocenters. The summed E-state index contributed by atoms with van der Waals surface area (Å²) in [7, 11) is 0. The largest absolute Gasteiger partial charge is 0.338 e. The summed E-state index contributed by atoms with van der Waals surface area (Å²) in [5.41, 5.74) is 0.887. The van der Waals surface area contributed by atoms with Gasteiger partial charge in [0.05, 0.1) is 0 Å². The minimum atomic E-state index is 0.130. The van der Waals surface area contributed by atoms with Gasteiger partial charge in [-0.2, -0.15) is 5.10 Å². The van der Waals surface area contributed by atoms with Gasteiger partial charge in [-0.3, -0.25) is 14.5 Å². The highest BCUT2D eigenvalue weighted by Gasteiger charge is 2.40. The summed E-state index contributed by atoms with van der Waals surface area (Å²) in [5.74, 6) is 1.49. The summed E-state index contributed by atoms with van der Waals surface area (Å²) < 4.78 is 2.24. The molecule has 1 amide bonds. The van der Waals surface area contributed by atoms with Crippen molar-refractivity contribution in [3.05, 3.63) is 34.1 Å². The molecule has 0 spiro atoms. The molecule has 2 aliphatic rings. The van der Waals surface area contributed by atoms with E-state index < -0.39 is 0 Å². The van der Waals surface area contributed by atoms with Crippen molar-refractivity contribution >= 4 is 29.7 Å². The van der Waals surface area contributed by atoms with Crippen molar-refractivity contribution in [2.45, 2.75) is 31.8 Å². The molecule has 1 aromatic heterocycles. The number of benzene rings is 1. The second kappa shape index (κ2) is 5.76. The summed E-state index contributed by atoms with van der Waals surface area (Å²) in [6.45, 7) is 1.13. The lowest BCUT2D eigenvalue weighted by molar-refractivity contribution is -0.133. The van der Waals surface area contributed by atoms with Crippen LogP contribution >= 0.6 is 23.8 Å². The van der Waals surface area contributed by atoms with Crippen molar-refractivity contribution in [2.24, 2.45) is 5.92 Å². The molecule has 1 aliphatic carbocycles. The maximum atomic E-state index is 12.7. The van der Waals surface area contributed by atoms with Crippen LogP contribution in [0.3, 0.4) is 0 Å². The van der Waals surface area contributed by atoms with Crippen LogP contribution in [0.2, 0.25) is 5.02 Å². The minimum Gasteiger partial charge on any atom is -0.338 e. The van der Waals surface area contributed by atoms with Crippen LogP contribution in [0, 0.1) is 10.7 Å². The van der Waals surface area contributed by atoms with Gasteiger partial charge in [0.2, 0.25) is 5.91 Å². The molecule has 1 saturated heterocycles. The number of halogens is 1. The van der Waals surface area contributed by atoms with Gasteiger partial charge < -0.3 is 4.90 Å². The molecule has 120 valence electrons. The number of aromatic amines is 1. The Morgan fingerprint density at radius 2 is 2.13 bits per heavy atom. The Balaban J connectivity index is 1.59. The molecule has 2 fully saturated rings. The Kier molecular flexibility index (Phi) is 3.73. The van der Waals surface area contributed by atoms with Crippen LogP contribution < -0.4 is 0 Å². The zero-order chi connectivity index (χ0) is 16.0. The molecule has 1 N–H and O–H groups in total. The first-order valence-corrected chi connectivity index (χ1v) is 8.61.